The monoisotopic (exact) mass is 400 g/mol. The number of fused-ring (bicyclic) bond motifs is 2. The van der Waals surface area contributed by atoms with Crippen molar-refractivity contribution in [3.8, 4) is 5.75 Å². The van der Waals surface area contributed by atoms with Crippen LogP contribution in [0, 0.1) is 0 Å². The molecule has 0 atom stereocenters. The van der Waals surface area contributed by atoms with Crippen LogP contribution >= 0.6 is 0 Å². The average molecular weight is 400 g/mol. The Hall–Kier alpha value is -3.54. The molecule has 4 aromatic rings. The molecule has 30 heavy (non-hydrogen) atoms. The first kappa shape index (κ1) is 18.5. The van der Waals surface area contributed by atoms with E-state index in [0.29, 0.717) is 0 Å². The molecule has 1 fully saturated rings. The van der Waals surface area contributed by atoms with E-state index in [1.807, 2.05) is 47.3 Å². The van der Waals surface area contributed by atoms with Gasteiger partial charge in [0.15, 0.2) is 0 Å². The van der Waals surface area contributed by atoms with Crippen LogP contribution in [0.15, 0.2) is 67.0 Å². The molecule has 1 aliphatic rings. The first-order valence-electron chi connectivity index (χ1n) is 10.3. The molecule has 6 nitrogen and oxygen atoms in total. The number of amides is 1. The molecule has 0 aliphatic carbocycles. The number of carbonyl (C=O) groups is 1. The Kier molecular flexibility index (Phi) is 4.75. The maximum atomic E-state index is 11.3. The van der Waals surface area contributed by atoms with Gasteiger partial charge in [0.25, 0.3) is 0 Å². The SMILES string of the molecule is NC(=O)Cn1ccc2c(OC3CCN(c4ccnc5ccccc45)CC3)cccc21. The van der Waals surface area contributed by atoms with E-state index in [4.69, 9.17) is 10.5 Å². The second-order valence-electron chi connectivity index (χ2n) is 7.75. The number of primary amides is 1. The van der Waals surface area contributed by atoms with Gasteiger partial charge in [-0.2, -0.15) is 0 Å². The topological polar surface area (TPSA) is 73.4 Å². The van der Waals surface area contributed by atoms with E-state index in [9.17, 15) is 4.79 Å². The van der Waals surface area contributed by atoms with Crippen molar-refractivity contribution in [3.05, 3.63) is 67.0 Å². The van der Waals surface area contributed by atoms with Crippen molar-refractivity contribution < 1.29 is 9.53 Å². The van der Waals surface area contributed by atoms with Gasteiger partial charge in [-0.15, -0.1) is 0 Å². The van der Waals surface area contributed by atoms with E-state index in [2.05, 4.69) is 34.1 Å². The third-order valence-electron chi connectivity index (χ3n) is 5.80. The summed E-state index contributed by atoms with van der Waals surface area (Å²) in [5.41, 5.74) is 8.59. The molecule has 1 aliphatic heterocycles. The lowest BCUT2D eigenvalue weighted by Crippen LogP contribution is -2.38. The molecule has 0 unspecified atom stereocenters. The van der Waals surface area contributed by atoms with Crippen LogP contribution in [0.3, 0.4) is 0 Å². The van der Waals surface area contributed by atoms with E-state index >= 15 is 0 Å². The number of carbonyl (C=O) groups excluding carboxylic acids is 1. The number of nitrogens with zero attached hydrogens (tertiary/aromatic N) is 3. The summed E-state index contributed by atoms with van der Waals surface area (Å²) in [6.07, 6.45) is 5.85. The highest BCUT2D eigenvalue weighted by atomic mass is 16.5. The molecular formula is C24H24N4O2. The highest BCUT2D eigenvalue weighted by Crippen LogP contribution is 2.31. The van der Waals surface area contributed by atoms with Crippen LogP contribution in [0.1, 0.15) is 12.8 Å². The first-order chi connectivity index (χ1) is 14.7. The average Bonchev–Trinajstić information content (AvgIpc) is 3.17. The van der Waals surface area contributed by atoms with Gasteiger partial charge in [-0.3, -0.25) is 9.78 Å². The normalized spacial score (nSPS) is 15.0. The zero-order chi connectivity index (χ0) is 20.5. The number of para-hydroxylation sites is 1. The molecule has 0 spiro atoms. The second kappa shape index (κ2) is 7.71. The van der Waals surface area contributed by atoms with Gasteiger partial charge in [0.05, 0.1) is 11.0 Å². The van der Waals surface area contributed by atoms with Crippen LogP contribution in [0.5, 0.6) is 5.75 Å². The Bertz CT molecular complexity index is 1200. The minimum atomic E-state index is -0.352. The lowest BCUT2D eigenvalue weighted by atomic mass is 10.1. The van der Waals surface area contributed by atoms with E-state index < -0.39 is 0 Å². The largest absolute Gasteiger partial charge is 0.490 e. The Labute approximate surface area is 174 Å². The zero-order valence-electron chi connectivity index (χ0n) is 16.7. The minimum absolute atomic E-state index is 0.166. The third-order valence-corrected chi connectivity index (χ3v) is 5.80. The maximum absolute atomic E-state index is 11.3. The number of rotatable bonds is 5. The highest BCUT2D eigenvalue weighted by molar-refractivity contribution is 5.91. The molecule has 3 heterocycles. The third kappa shape index (κ3) is 3.45. The zero-order valence-corrected chi connectivity index (χ0v) is 16.7. The standard InChI is InChI=1S/C24H24N4O2/c25-24(29)16-28-15-11-19-21(28)6-3-7-23(19)30-17-9-13-27(14-10-17)22-8-12-26-20-5-2-1-4-18(20)22/h1-8,11-12,15,17H,9-10,13-14,16H2,(H2,25,29). The van der Waals surface area contributed by atoms with Crippen LogP contribution in [0.25, 0.3) is 21.8 Å². The summed E-state index contributed by atoms with van der Waals surface area (Å²) >= 11 is 0. The van der Waals surface area contributed by atoms with E-state index in [0.717, 1.165) is 48.1 Å². The minimum Gasteiger partial charge on any atom is -0.490 e. The molecule has 0 radical (unpaired) electrons. The van der Waals surface area contributed by atoms with Gasteiger partial charge in [-0.1, -0.05) is 24.3 Å². The molecule has 0 bridgehead atoms. The summed E-state index contributed by atoms with van der Waals surface area (Å²) in [7, 11) is 0. The number of piperidine rings is 1. The van der Waals surface area contributed by atoms with Crippen molar-refractivity contribution in [1.29, 1.82) is 0 Å². The maximum Gasteiger partial charge on any atom is 0.237 e. The van der Waals surface area contributed by atoms with Crippen molar-refractivity contribution in [3.63, 3.8) is 0 Å². The lowest BCUT2D eigenvalue weighted by molar-refractivity contribution is -0.118. The van der Waals surface area contributed by atoms with Gasteiger partial charge < -0.3 is 19.9 Å². The molecule has 152 valence electrons. The van der Waals surface area contributed by atoms with Crippen LogP contribution in [-0.2, 0) is 11.3 Å². The fourth-order valence-corrected chi connectivity index (χ4v) is 4.35. The van der Waals surface area contributed by atoms with Gasteiger partial charge in [0.2, 0.25) is 5.91 Å². The summed E-state index contributed by atoms with van der Waals surface area (Å²) < 4.78 is 8.25. The Balaban J connectivity index is 1.31. The number of hydrogen-bond acceptors (Lipinski definition) is 4. The summed E-state index contributed by atoms with van der Waals surface area (Å²) in [6, 6.07) is 18.3. The molecule has 1 saturated heterocycles. The van der Waals surface area contributed by atoms with Gasteiger partial charge >= 0.3 is 0 Å². The second-order valence-corrected chi connectivity index (χ2v) is 7.75. The molecular weight excluding hydrogens is 376 g/mol. The van der Waals surface area contributed by atoms with Crippen molar-refractivity contribution in [2.75, 3.05) is 18.0 Å². The number of nitrogens with two attached hydrogens (primary N) is 1. The Morgan fingerprint density at radius 2 is 1.87 bits per heavy atom. The fourth-order valence-electron chi connectivity index (χ4n) is 4.35. The van der Waals surface area contributed by atoms with E-state index in [1.165, 1.54) is 11.1 Å². The van der Waals surface area contributed by atoms with Crippen LogP contribution < -0.4 is 15.4 Å². The predicted octanol–water partition coefficient (Wildman–Crippen LogP) is 3.72. The Morgan fingerprint density at radius 1 is 1.03 bits per heavy atom. The molecule has 2 N–H and O–H groups in total. The summed E-state index contributed by atoms with van der Waals surface area (Å²) in [5, 5.41) is 2.21. The van der Waals surface area contributed by atoms with Crippen LogP contribution in [-0.4, -0.2) is 34.7 Å². The van der Waals surface area contributed by atoms with Crippen molar-refractivity contribution in [1.82, 2.24) is 9.55 Å². The quantitative estimate of drug-likeness (QED) is 0.554. The lowest BCUT2D eigenvalue weighted by Gasteiger charge is -2.34. The molecule has 5 rings (SSSR count). The van der Waals surface area contributed by atoms with Crippen molar-refractivity contribution in [2.45, 2.75) is 25.5 Å². The number of hydrogen-bond donors (Lipinski definition) is 1. The van der Waals surface area contributed by atoms with E-state index in [-0.39, 0.29) is 18.6 Å². The highest BCUT2D eigenvalue weighted by Gasteiger charge is 2.23. The van der Waals surface area contributed by atoms with Gasteiger partial charge in [-0.05, 0) is 30.3 Å². The molecule has 0 saturated carbocycles. The Morgan fingerprint density at radius 3 is 2.70 bits per heavy atom. The van der Waals surface area contributed by atoms with Crippen molar-refractivity contribution >= 4 is 33.4 Å². The molecule has 1 amide bonds. The van der Waals surface area contributed by atoms with Gasteiger partial charge in [-0.25, -0.2) is 0 Å². The fraction of sp³-hybridized carbons (Fsp3) is 0.250. The van der Waals surface area contributed by atoms with Crippen LogP contribution in [0.2, 0.25) is 0 Å². The van der Waals surface area contributed by atoms with Crippen molar-refractivity contribution in [2.24, 2.45) is 5.73 Å². The molecule has 6 heteroatoms. The number of benzene rings is 2. The number of aromatic nitrogens is 2. The first-order valence-corrected chi connectivity index (χ1v) is 10.3. The molecule has 2 aromatic carbocycles. The summed E-state index contributed by atoms with van der Waals surface area (Å²) in [6.45, 7) is 2.06. The number of ether oxygens (including phenoxy) is 1. The summed E-state index contributed by atoms with van der Waals surface area (Å²) in [5.74, 6) is 0.512. The molecule has 2 aromatic heterocycles. The summed E-state index contributed by atoms with van der Waals surface area (Å²) in [4.78, 5) is 18.2. The van der Waals surface area contributed by atoms with E-state index in [1.54, 1.807) is 0 Å². The number of pyridine rings is 1. The predicted molar refractivity (Wildman–Crippen MR) is 119 cm³/mol. The number of anilines is 1. The van der Waals surface area contributed by atoms with Crippen LogP contribution in [0.4, 0.5) is 5.69 Å². The van der Waals surface area contributed by atoms with Gasteiger partial charge in [0.1, 0.15) is 18.4 Å². The smallest absolute Gasteiger partial charge is 0.237 e. The van der Waals surface area contributed by atoms with Gasteiger partial charge in [0, 0.05) is 54.8 Å².